The fourth-order valence-corrected chi connectivity index (χ4v) is 2.49. The van der Waals surface area contributed by atoms with E-state index in [9.17, 15) is 14.0 Å². The summed E-state index contributed by atoms with van der Waals surface area (Å²) in [5.74, 6) is -1.79. The first-order valence-electron chi connectivity index (χ1n) is 7.54. The summed E-state index contributed by atoms with van der Waals surface area (Å²) in [5, 5.41) is 11.7. The van der Waals surface area contributed by atoms with Crippen molar-refractivity contribution in [2.75, 3.05) is 5.32 Å². The van der Waals surface area contributed by atoms with E-state index < -0.39 is 5.97 Å². The van der Waals surface area contributed by atoms with E-state index in [-0.39, 0.29) is 29.7 Å². The van der Waals surface area contributed by atoms with Crippen LogP contribution < -0.4 is 5.32 Å². The lowest BCUT2D eigenvalue weighted by atomic mass is 9.99. The van der Waals surface area contributed by atoms with Gasteiger partial charge in [-0.2, -0.15) is 0 Å². The fraction of sp³-hybridized carbons (Fsp3) is 0. The number of benzene rings is 3. The Labute approximate surface area is 155 Å². The predicted octanol–water partition coefficient (Wildman–Crippen LogP) is 4.87. The molecule has 3 rings (SSSR count). The molecule has 0 saturated heterocycles. The normalized spacial score (nSPS) is 9.88. The van der Waals surface area contributed by atoms with Crippen molar-refractivity contribution in [1.29, 1.82) is 0 Å². The SMILES string of the molecule is Cl.O=C(O)c1cccc(NC(=O)c2ccccc2-c2ccc(F)cc2)c1. The number of carboxylic acids is 1. The van der Waals surface area contributed by atoms with Crippen molar-refractivity contribution in [3.05, 3.63) is 89.7 Å². The molecule has 0 aliphatic heterocycles. The van der Waals surface area contributed by atoms with Crippen LogP contribution in [-0.4, -0.2) is 17.0 Å². The molecule has 0 aliphatic carbocycles. The Balaban J connectivity index is 0.00000243. The Bertz CT molecular complexity index is 942. The maximum atomic E-state index is 13.1. The van der Waals surface area contributed by atoms with E-state index in [0.717, 1.165) is 0 Å². The lowest BCUT2D eigenvalue weighted by molar-refractivity contribution is 0.0696. The van der Waals surface area contributed by atoms with Crippen LogP contribution in [0.25, 0.3) is 11.1 Å². The van der Waals surface area contributed by atoms with Gasteiger partial charge in [-0.3, -0.25) is 4.79 Å². The zero-order valence-corrected chi connectivity index (χ0v) is 14.3. The van der Waals surface area contributed by atoms with Crippen LogP contribution >= 0.6 is 12.4 Å². The van der Waals surface area contributed by atoms with Crippen molar-refractivity contribution in [2.45, 2.75) is 0 Å². The number of carbonyl (C=O) groups is 2. The second-order valence-electron chi connectivity index (χ2n) is 5.39. The molecule has 0 unspecified atom stereocenters. The number of hydrogen-bond acceptors (Lipinski definition) is 2. The molecule has 1 amide bonds. The molecular weight excluding hydrogens is 357 g/mol. The summed E-state index contributed by atoms with van der Waals surface area (Å²) in [7, 11) is 0. The molecule has 0 radical (unpaired) electrons. The van der Waals surface area contributed by atoms with Gasteiger partial charge in [0.25, 0.3) is 5.91 Å². The number of aromatic carboxylic acids is 1. The highest BCUT2D eigenvalue weighted by Crippen LogP contribution is 2.25. The van der Waals surface area contributed by atoms with Crippen LogP contribution in [0.5, 0.6) is 0 Å². The number of carbonyl (C=O) groups excluding carboxylic acids is 1. The van der Waals surface area contributed by atoms with Gasteiger partial charge in [-0.1, -0.05) is 36.4 Å². The highest BCUT2D eigenvalue weighted by molar-refractivity contribution is 6.09. The van der Waals surface area contributed by atoms with Crippen molar-refractivity contribution in [3.63, 3.8) is 0 Å². The summed E-state index contributed by atoms with van der Waals surface area (Å²) in [6.45, 7) is 0. The molecule has 0 saturated carbocycles. The second-order valence-corrected chi connectivity index (χ2v) is 5.39. The average Bonchev–Trinajstić information content (AvgIpc) is 2.62. The monoisotopic (exact) mass is 371 g/mol. The number of carboxylic acid groups (broad SMARTS) is 1. The van der Waals surface area contributed by atoms with Crippen LogP contribution in [0.2, 0.25) is 0 Å². The largest absolute Gasteiger partial charge is 0.478 e. The van der Waals surface area contributed by atoms with Gasteiger partial charge in [0.1, 0.15) is 5.82 Å². The molecule has 0 heterocycles. The van der Waals surface area contributed by atoms with E-state index >= 15 is 0 Å². The number of halogens is 2. The van der Waals surface area contributed by atoms with Gasteiger partial charge < -0.3 is 10.4 Å². The predicted molar refractivity (Wildman–Crippen MR) is 100 cm³/mol. The van der Waals surface area contributed by atoms with E-state index in [0.29, 0.717) is 22.4 Å². The van der Waals surface area contributed by atoms with Gasteiger partial charge in [-0.25, -0.2) is 9.18 Å². The van der Waals surface area contributed by atoms with Crippen LogP contribution in [0.4, 0.5) is 10.1 Å². The van der Waals surface area contributed by atoms with E-state index in [1.54, 1.807) is 48.5 Å². The summed E-state index contributed by atoms with van der Waals surface area (Å²) in [4.78, 5) is 23.7. The molecule has 0 aromatic heterocycles. The van der Waals surface area contributed by atoms with Gasteiger partial charge in [0.05, 0.1) is 5.56 Å². The molecule has 0 fully saturated rings. The van der Waals surface area contributed by atoms with Gasteiger partial charge in [0, 0.05) is 11.3 Å². The Morgan fingerprint density at radius 2 is 1.58 bits per heavy atom. The number of nitrogens with one attached hydrogen (secondary N) is 1. The number of hydrogen-bond donors (Lipinski definition) is 2. The Morgan fingerprint density at radius 1 is 0.885 bits per heavy atom. The first kappa shape index (κ1) is 19.1. The molecule has 4 nitrogen and oxygen atoms in total. The molecule has 0 spiro atoms. The Morgan fingerprint density at radius 3 is 2.27 bits per heavy atom. The van der Waals surface area contributed by atoms with Crippen molar-refractivity contribution >= 4 is 30.0 Å². The minimum atomic E-state index is -1.07. The van der Waals surface area contributed by atoms with Crippen molar-refractivity contribution in [3.8, 4) is 11.1 Å². The molecule has 3 aromatic carbocycles. The van der Waals surface area contributed by atoms with Gasteiger partial charge in [0.2, 0.25) is 0 Å². The second kappa shape index (κ2) is 8.27. The molecule has 3 aromatic rings. The summed E-state index contributed by atoms with van der Waals surface area (Å²) in [6, 6.07) is 18.8. The molecule has 26 heavy (non-hydrogen) atoms. The average molecular weight is 372 g/mol. The van der Waals surface area contributed by atoms with Crippen molar-refractivity contribution in [1.82, 2.24) is 0 Å². The van der Waals surface area contributed by atoms with E-state index in [2.05, 4.69) is 5.32 Å². The number of anilines is 1. The van der Waals surface area contributed by atoms with Crippen LogP contribution in [0, 0.1) is 5.82 Å². The van der Waals surface area contributed by atoms with Gasteiger partial charge in [-0.15, -0.1) is 12.4 Å². The third-order valence-electron chi connectivity index (χ3n) is 3.69. The first-order valence-corrected chi connectivity index (χ1v) is 7.54. The van der Waals surface area contributed by atoms with Crippen molar-refractivity contribution in [2.24, 2.45) is 0 Å². The number of rotatable bonds is 4. The highest BCUT2D eigenvalue weighted by Gasteiger charge is 2.13. The molecule has 0 aliphatic rings. The summed E-state index contributed by atoms with van der Waals surface area (Å²) < 4.78 is 13.1. The van der Waals surface area contributed by atoms with Crippen LogP contribution in [0.15, 0.2) is 72.8 Å². The standard InChI is InChI=1S/C20H14FNO3.ClH/c21-15-10-8-13(9-11-15)17-6-1-2-7-18(17)19(23)22-16-5-3-4-14(12-16)20(24)25;/h1-12H,(H,22,23)(H,24,25);1H. The van der Waals surface area contributed by atoms with Gasteiger partial charge in [0.15, 0.2) is 0 Å². The minimum absolute atomic E-state index is 0. The fourth-order valence-electron chi connectivity index (χ4n) is 2.49. The molecular formula is C20H15ClFNO3. The third kappa shape index (κ3) is 4.26. The smallest absolute Gasteiger partial charge is 0.335 e. The molecule has 132 valence electrons. The Hall–Kier alpha value is -3.18. The lowest BCUT2D eigenvalue weighted by Crippen LogP contribution is -2.13. The van der Waals surface area contributed by atoms with Gasteiger partial charge >= 0.3 is 5.97 Å². The zero-order chi connectivity index (χ0) is 17.8. The van der Waals surface area contributed by atoms with Crippen molar-refractivity contribution < 1.29 is 19.1 Å². The third-order valence-corrected chi connectivity index (χ3v) is 3.69. The molecule has 6 heteroatoms. The van der Waals surface area contributed by atoms with Gasteiger partial charge in [-0.05, 0) is 47.5 Å². The van der Waals surface area contributed by atoms with E-state index in [1.165, 1.54) is 24.3 Å². The zero-order valence-electron chi connectivity index (χ0n) is 13.5. The molecule has 2 N–H and O–H groups in total. The molecule has 0 bridgehead atoms. The maximum absolute atomic E-state index is 13.1. The van der Waals surface area contributed by atoms with E-state index in [4.69, 9.17) is 5.11 Å². The Kier molecular flexibility index (Phi) is 6.09. The maximum Gasteiger partial charge on any atom is 0.335 e. The lowest BCUT2D eigenvalue weighted by Gasteiger charge is -2.11. The van der Waals surface area contributed by atoms with Crippen LogP contribution in [0.3, 0.4) is 0 Å². The quantitative estimate of drug-likeness (QED) is 0.688. The number of amides is 1. The highest BCUT2D eigenvalue weighted by atomic mass is 35.5. The van der Waals surface area contributed by atoms with E-state index in [1.807, 2.05) is 0 Å². The minimum Gasteiger partial charge on any atom is -0.478 e. The summed E-state index contributed by atoms with van der Waals surface area (Å²) >= 11 is 0. The topological polar surface area (TPSA) is 66.4 Å². The van der Waals surface area contributed by atoms with Crippen LogP contribution in [0.1, 0.15) is 20.7 Å². The van der Waals surface area contributed by atoms with Crippen LogP contribution in [-0.2, 0) is 0 Å². The summed E-state index contributed by atoms with van der Waals surface area (Å²) in [6.07, 6.45) is 0. The molecule has 0 atom stereocenters. The first-order chi connectivity index (χ1) is 12.0. The summed E-state index contributed by atoms with van der Waals surface area (Å²) in [5.41, 5.74) is 2.26.